The van der Waals surface area contributed by atoms with Gasteiger partial charge in [0.2, 0.25) is 0 Å². The van der Waals surface area contributed by atoms with Gasteiger partial charge in [0.15, 0.2) is 11.6 Å². The van der Waals surface area contributed by atoms with Crippen LogP contribution in [0.25, 0.3) is 0 Å². The minimum absolute atomic E-state index is 0.0600. The molecule has 2 atom stereocenters. The molecule has 5 heteroatoms. The largest absolute Gasteiger partial charge is 0.395 e. The fourth-order valence-electron chi connectivity index (χ4n) is 2.39. The predicted octanol–water partition coefficient (Wildman–Crippen LogP) is 1.45. The number of β-amino-alcohol motifs (C(OH)–C–C–N with tert-alkyl or cyclic N) is 1. The molecule has 1 aromatic rings. The summed E-state index contributed by atoms with van der Waals surface area (Å²) in [5.41, 5.74) is 0.359. The van der Waals surface area contributed by atoms with Crippen molar-refractivity contribution in [2.75, 3.05) is 19.7 Å². The molecular formula is C13H17F2NO2. The molecule has 2 rings (SSSR count). The molecule has 0 bridgehead atoms. The van der Waals surface area contributed by atoms with Gasteiger partial charge < -0.3 is 10.2 Å². The molecule has 1 saturated heterocycles. The van der Waals surface area contributed by atoms with E-state index in [0.717, 1.165) is 31.5 Å². The number of hydrogen-bond acceptors (Lipinski definition) is 3. The van der Waals surface area contributed by atoms with Crippen molar-refractivity contribution in [1.29, 1.82) is 0 Å². The molecule has 1 heterocycles. The fraction of sp³-hybridized carbons (Fsp3) is 0.538. The number of rotatable bonds is 4. The van der Waals surface area contributed by atoms with Gasteiger partial charge in [-0.15, -0.1) is 0 Å². The van der Waals surface area contributed by atoms with Crippen LogP contribution in [0, 0.1) is 11.6 Å². The van der Waals surface area contributed by atoms with Crippen molar-refractivity contribution in [2.45, 2.75) is 25.0 Å². The van der Waals surface area contributed by atoms with Crippen molar-refractivity contribution in [3.05, 3.63) is 35.4 Å². The minimum atomic E-state index is -0.952. The van der Waals surface area contributed by atoms with Crippen LogP contribution in [0.4, 0.5) is 8.78 Å². The maximum Gasteiger partial charge on any atom is 0.159 e. The Labute approximate surface area is 105 Å². The van der Waals surface area contributed by atoms with Crippen LogP contribution in [-0.2, 0) is 0 Å². The minimum Gasteiger partial charge on any atom is -0.395 e. The molecule has 0 aromatic heterocycles. The quantitative estimate of drug-likeness (QED) is 0.858. The lowest BCUT2D eigenvalue weighted by Crippen LogP contribution is -2.35. The monoisotopic (exact) mass is 257 g/mol. The first-order chi connectivity index (χ1) is 8.61. The Balaban J connectivity index is 2.02. The topological polar surface area (TPSA) is 43.7 Å². The lowest BCUT2D eigenvalue weighted by molar-refractivity contribution is 0.0848. The number of likely N-dealkylation sites (tertiary alicyclic amines) is 1. The average Bonchev–Trinajstić information content (AvgIpc) is 2.79. The Bertz CT molecular complexity index is 414. The second-order valence-electron chi connectivity index (χ2n) is 4.66. The highest BCUT2D eigenvalue weighted by atomic mass is 19.2. The van der Waals surface area contributed by atoms with E-state index in [0.29, 0.717) is 12.1 Å². The molecule has 0 unspecified atom stereocenters. The lowest BCUT2D eigenvalue weighted by Gasteiger charge is -2.25. The first-order valence-corrected chi connectivity index (χ1v) is 6.09. The summed E-state index contributed by atoms with van der Waals surface area (Å²) in [5, 5.41) is 19.2. The Morgan fingerprint density at radius 2 is 2.11 bits per heavy atom. The van der Waals surface area contributed by atoms with Gasteiger partial charge in [-0.2, -0.15) is 0 Å². The molecule has 0 aliphatic carbocycles. The van der Waals surface area contributed by atoms with E-state index in [2.05, 4.69) is 0 Å². The zero-order chi connectivity index (χ0) is 13.1. The highest BCUT2D eigenvalue weighted by Crippen LogP contribution is 2.22. The van der Waals surface area contributed by atoms with E-state index >= 15 is 0 Å². The number of nitrogens with zero attached hydrogens (tertiary/aromatic N) is 1. The van der Waals surface area contributed by atoms with Crippen molar-refractivity contribution < 1.29 is 19.0 Å². The summed E-state index contributed by atoms with van der Waals surface area (Å²) in [6, 6.07) is 3.48. The van der Waals surface area contributed by atoms with E-state index in [1.165, 1.54) is 6.07 Å². The van der Waals surface area contributed by atoms with Crippen molar-refractivity contribution >= 4 is 0 Å². The smallest absolute Gasteiger partial charge is 0.159 e. The van der Waals surface area contributed by atoms with E-state index in [9.17, 15) is 13.9 Å². The number of aliphatic hydroxyl groups excluding tert-OH is 2. The van der Waals surface area contributed by atoms with Crippen LogP contribution < -0.4 is 0 Å². The third-order valence-corrected chi connectivity index (χ3v) is 3.45. The van der Waals surface area contributed by atoms with Gasteiger partial charge in [-0.05, 0) is 37.1 Å². The third-order valence-electron chi connectivity index (χ3n) is 3.45. The SMILES string of the molecule is OC[C@@H]1CCCN1C[C@@H](O)c1ccc(F)c(F)c1. The molecule has 100 valence electrons. The summed E-state index contributed by atoms with van der Waals surface area (Å²) in [7, 11) is 0. The van der Waals surface area contributed by atoms with E-state index < -0.39 is 17.7 Å². The van der Waals surface area contributed by atoms with Gasteiger partial charge in [-0.25, -0.2) is 8.78 Å². The summed E-state index contributed by atoms with van der Waals surface area (Å²) >= 11 is 0. The molecule has 0 saturated carbocycles. The Hall–Kier alpha value is -1.04. The predicted molar refractivity (Wildman–Crippen MR) is 63.0 cm³/mol. The molecule has 1 aliphatic rings. The molecule has 18 heavy (non-hydrogen) atoms. The van der Waals surface area contributed by atoms with Gasteiger partial charge >= 0.3 is 0 Å². The number of benzene rings is 1. The molecule has 2 N–H and O–H groups in total. The van der Waals surface area contributed by atoms with Crippen molar-refractivity contribution in [3.63, 3.8) is 0 Å². The lowest BCUT2D eigenvalue weighted by atomic mass is 10.1. The van der Waals surface area contributed by atoms with Gasteiger partial charge in [0.25, 0.3) is 0 Å². The van der Waals surface area contributed by atoms with Crippen LogP contribution in [0.15, 0.2) is 18.2 Å². The van der Waals surface area contributed by atoms with Gasteiger partial charge in [-0.3, -0.25) is 4.90 Å². The third kappa shape index (κ3) is 2.85. The van der Waals surface area contributed by atoms with E-state index in [1.54, 1.807) is 0 Å². The van der Waals surface area contributed by atoms with Crippen LogP contribution in [0.1, 0.15) is 24.5 Å². The first kappa shape index (κ1) is 13.4. The van der Waals surface area contributed by atoms with Crippen LogP contribution in [0.2, 0.25) is 0 Å². The molecule has 0 spiro atoms. The summed E-state index contributed by atoms with van der Waals surface area (Å²) in [6.07, 6.45) is 1.02. The fourth-order valence-corrected chi connectivity index (χ4v) is 2.39. The van der Waals surface area contributed by atoms with Crippen LogP contribution in [0.3, 0.4) is 0 Å². The van der Waals surface area contributed by atoms with Crippen LogP contribution >= 0.6 is 0 Å². The number of hydrogen-bond donors (Lipinski definition) is 2. The Morgan fingerprint density at radius 3 is 2.78 bits per heavy atom. The Morgan fingerprint density at radius 1 is 1.33 bits per heavy atom. The van der Waals surface area contributed by atoms with E-state index in [-0.39, 0.29) is 12.6 Å². The van der Waals surface area contributed by atoms with Crippen LogP contribution in [0.5, 0.6) is 0 Å². The molecule has 1 fully saturated rings. The van der Waals surface area contributed by atoms with Gasteiger partial charge in [0.05, 0.1) is 12.7 Å². The summed E-state index contributed by atoms with van der Waals surface area (Å²) < 4.78 is 25.8. The van der Waals surface area contributed by atoms with Gasteiger partial charge in [-0.1, -0.05) is 6.07 Å². The summed E-state index contributed by atoms with van der Waals surface area (Å²) in [5.74, 6) is -1.87. The normalized spacial score (nSPS) is 22.3. The number of aliphatic hydroxyl groups is 2. The molecule has 3 nitrogen and oxygen atoms in total. The zero-order valence-electron chi connectivity index (χ0n) is 10.0. The second-order valence-corrected chi connectivity index (χ2v) is 4.66. The second kappa shape index (κ2) is 5.73. The van der Waals surface area contributed by atoms with Crippen molar-refractivity contribution in [1.82, 2.24) is 4.90 Å². The highest BCUT2D eigenvalue weighted by molar-refractivity contribution is 5.20. The standard InChI is InChI=1S/C13H17F2NO2/c14-11-4-3-9(6-12(11)15)13(18)7-16-5-1-2-10(16)8-17/h3-4,6,10,13,17-18H,1-2,5,7-8H2/t10-,13+/m0/s1. The molecule has 1 aromatic carbocycles. The highest BCUT2D eigenvalue weighted by Gasteiger charge is 2.26. The molecular weight excluding hydrogens is 240 g/mol. The summed E-state index contributed by atoms with van der Waals surface area (Å²) in [4.78, 5) is 1.98. The van der Waals surface area contributed by atoms with E-state index in [1.807, 2.05) is 4.90 Å². The zero-order valence-corrected chi connectivity index (χ0v) is 10.0. The van der Waals surface area contributed by atoms with Crippen molar-refractivity contribution in [2.24, 2.45) is 0 Å². The maximum atomic E-state index is 13.1. The molecule has 0 amide bonds. The van der Waals surface area contributed by atoms with Gasteiger partial charge in [0.1, 0.15) is 0 Å². The maximum absolute atomic E-state index is 13.1. The first-order valence-electron chi connectivity index (χ1n) is 6.09. The average molecular weight is 257 g/mol. The molecule has 1 aliphatic heterocycles. The van der Waals surface area contributed by atoms with Crippen molar-refractivity contribution in [3.8, 4) is 0 Å². The van der Waals surface area contributed by atoms with Gasteiger partial charge in [0, 0.05) is 12.6 Å². The van der Waals surface area contributed by atoms with Crippen LogP contribution in [-0.4, -0.2) is 40.9 Å². The van der Waals surface area contributed by atoms with E-state index in [4.69, 9.17) is 5.11 Å². The molecule has 0 radical (unpaired) electrons. The Kier molecular flexibility index (Phi) is 4.27. The summed E-state index contributed by atoms with van der Waals surface area (Å²) in [6.45, 7) is 1.20. The number of halogens is 2.